The summed E-state index contributed by atoms with van der Waals surface area (Å²) >= 11 is 0. The average Bonchev–Trinajstić information content (AvgIpc) is 2.72. The molecule has 1 aromatic heterocycles. The highest BCUT2D eigenvalue weighted by Gasteiger charge is 2.16. The van der Waals surface area contributed by atoms with Gasteiger partial charge < -0.3 is 16.0 Å². The molecule has 3 rings (SSSR count). The Labute approximate surface area is 194 Å². The molecule has 3 aromatic rings. The third kappa shape index (κ3) is 6.99. The van der Waals surface area contributed by atoms with E-state index in [9.17, 15) is 13.2 Å². The van der Waals surface area contributed by atoms with Crippen molar-refractivity contribution in [2.24, 2.45) is 0 Å². The molecule has 0 bridgehead atoms. The number of amides is 1. The second kappa shape index (κ2) is 10.4. The maximum Gasteiger partial charge on any atom is 0.240 e. The average molecular weight is 469 g/mol. The van der Waals surface area contributed by atoms with E-state index in [2.05, 4.69) is 30.6 Å². The van der Waals surface area contributed by atoms with E-state index in [1.54, 1.807) is 19.1 Å². The summed E-state index contributed by atoms with van der Waals surface area (Å²) in [5.74, 6) is 0.828. The third-order valence-electron chi connectivity index (χ3n) is 4.66. The summed E-state index contributed by atoms with van der Waals surface area (Å²) in [4.78, 5) is 20.1. The first kappa shape index (κ1) is 24.1. The van der Waals surface area contributed by atoms with Gasteiger partial charge in [0.1, 0.15) is 5.82 Å². The van der Waals surface area contributed by atoms with Gasteiger partial charge >= 0.3 is 0 Å². The van der Waals surface area contributed by atoms with Gasteiger partial charge in [0, 0.05) is 43.1 Å². The second-order valence-corrected chi connectivity index (χ2v) is 9.43. The lowest BCUT2D eigenvalue weighted by molar-refractivity contribution is -0.114. The van der Waals surface area contributed by atoms with Crippen molar-refractivity contribution in [3.8, 4) is 0 Å². The second-order valence-electron chi connectivity index (χ2n) is 7.70. The Morgan fingerprint density at radius 3 is 2.27 bits per heavy atom. The Morgan fingerprint density at radius 1 is 0.909 bits per heavy atom. The van der Waals surface area contributed by atoms with Crippen LogP contribution in [0.4, 0.5) is 23.1 Å². The summed E-state index contributed by atoms with van der Waals surface area (Å²) in [6.07, 6.45) is 0. The number of hydrogen-bond acceptors (Lipinski definition) is 7. The van der Waals surface area contributed by atoms with Crippen molar-refractivity contribution in [3.05, 3.63) is 65.4 Å². The minimum atomic E-state index is -3.71. The van der Waals surface area contributed by atoms with Crippen molar-refractivity contribution in [2.75, 3.05) is 29.0 Å². The van der Waals surface area contributed by atoms with Crippen molar-refractivity contribution in [3.63, 3.8) is 0 Å². The SMILES string of the molecule is CC(=O)Nc1ccc(S(=O)(=O)NCCNc2nc(C)cc(Nc3ccc(C)cc3)n2)c(C)c1. The van der Waals surface area contributed by atoms with Crippen molar-refractivity contribution in [1.82, 2.24) is 14.7 Å². The number of benzene rings is 2. The number of rotatable bonds is 9. The first-order valence-corrected chi connectivity index (χ1v) is 11.9. The number of carbonyl (C=O) groups is 1. The van der Waals surface area contributed by atoms with E-state index in [1.165, 1.54) is 18.6 Å². The van der Waals surface area contributed by atoms with Crippen LogP contribution in [0.3, 0.4) is 0 Å². The van der Waals surface area contributed by atoms with E-state index in [1.807, 2.05) is 44.2 Å². The molecule has 33 heavy (non-hydrogen) atoms. The summed E-state index contributed by atoms with van der Waals surface area (Å²) in [6.45, 7) is 7.42. The molecule has 1 heterocycles. The van der Waals surface area contributed by atoms with E-state index >= 15 is 0 Å². The first-order valence-electron chi connectivity index (χ1n) is 10.4. The fraction of sp³-hybridized carbons (Fsp3) is 0.261. The van der Waals surface area contributed by atoms with Gasteiger partial charge in [-0.2, -0.15) is 4.98 Å². The summed E-state index contributed by atoms with van der Waals surface area (Å²) in [7, 11) is -3.71. The van der Waals surface area contributed by atoms with Gasteiger partial charge in [0.2, 0.25) is 21.9 Å². The minimum Gasteiger partial charge on any atom is -0.353 e. The molecule has 9 nitrogen and oxygen atoms in total. The Hall–Kier alpha value is -3.50. The molecule has 0 spiro atoms. The van der Waals surface area contributed by atoms with Crippen LogP contribution in [-0.2, 0) is 14.8 Å². The Kier molecular flexibility index (Phi) is 7.62. The fourth-order valence-corrected chi connectivity index (χ4v) is 4.42. The van der Waals surface area contributed by atoms with Crippen LogP contribution >= 0.6 is 0 Å². The Bertz CT molecular complexity index is 1240. The Balaban J connectivity index is 1.58. The topological polar surface area (TPSA) is 125 Å². The van der Waals surface area contributed by atoms with E-state index in [-0.39, 0.29) is 17.3 Å². The first-order chi connectivity index (χ1) is 15.6. The van der Waals surface area contributed by atoms with Crippen LogP contribution in [0.15, 0.2) is 53.4 Å². The lowest BCUT2D eigenvalue weighted by Gasteiger charge is -2.12. The number of sulfonamides is 1. The number of anilines is 4. The van der Waals surface area contributed by atoms with Crippen molar-refractivity contribution >= 4 is 39.1 Å². The van der Waals surface area contributed by atoms with E-state index in [4.69, 9.17) is 0 Å². The lowest BCUT2D eigenvalue weighted by atomic mass is 10.2. The smallest absolute Gasteiger partial charge is 0.240 e. The molecule has 0 saturated heterocycles. The number of aromatic nitrogens is 2. The lowest BCUT2D eigenvalue weighted by Crippen LogP contribution is -2.29. The van der Waals surface area contributed by atoms with Crippen LogP contribution in [0.1, 0.15) is 23.7 Å². The van der Waals surface area contributed by atoms with Crippen LogP contribution in [0.5, 0.6) is 0 Å². The Morgan fingerprint density at radius 2 is 1.61 bits per heavy atom. The number of nitrogens with zero attached hydrogens (tertiary/aromatic N) is 2. The number of nitrogens with one attached hydrogen (secondary N) is 4. The highest BCUT2D eigenvalue weighted by molar-refractivity contribution is 7.89. The molecule has 0 radical (unpaired) electrons. The molecule has 174 valence electrons. The van der Waals surface area contributed by atoms with E-state index < -0.39 is 10.0 Å². The molecule has 0 aliphatic rings. The zero-order valence-corrected chi connectivity index (χ0v) is 19.9. The standard InChI is InChI=1S/C23H28N6O3S/c1-15-5-7-19(8-6-15)28-22-14-17(3)26-23(29-22)24-11-12-25-33(31,32)21-10-9-20(13-16(21)2)27-18(4)30/h5-10,13-14,25H,11-12H2,1-4H3,(H,27,30)(H2,24,26,28,29). The van der Waals surface area contributed by atoms with Crippen LogP contribution in [0.25, 0.3) is 0 Å². The maximum absolute atomic E-state index is 12.7. The molecule has 0 fully saturated rings. The molecule has 10 heteroatoms. The van der Waals surface area contributed by atoms with Gasteiger partial charge in [0.05, 0.1) is 4.90 Å². The summed E-state index contributed by atoms with van der Waals surface area (Å²) < 4.78 is 27.9. The molecule has 0 unspecified atom stereocenters. The van der Waals surface area contributed by atoms with Crippen molar-refractivity contribution in [1.29, 1.82) is 0 Å². The van der Waals surface area contributed by atoms with Gasteiger partial charge in [-0.1, -0.05) is 17.7 Å². The molecule has 1 amide bonds. The predicted octanol–water partition coefficient (Wildman–Crippen LogP) is 3.49. The zero-order chi connectivity index (χ0) is 24.0. The quantitative estimate of drug-likeness (QED) is 0.354. The maximum atomic E-state index is 12.7. The molecule has 4 N–H and O–H groups in total. The molecule has 0 aliphatic carbocycles. The van der Waals surface area contributed by atoms with Crippen LogP contribution < -0.4 is 20.7 Å². The van der Waals surface area contributed by atoms with Gasteiger partial charge in [-0.15, -0.1) is 0 Å². The van der Waals surface area contributed by atoms with E-state index in [0.717, 1.165) is 11.4 Å². The number of carbonyl (C=O) groups excluding carboxylic acids is 1. The third-order valence-corrected chi connectivity index (χ3v) is 6.28. The highest BCUT2D eigenvalue weighted by atomic mass is 32.2. The fourth-order valence-electron chi connectivity index (χ4n) is 3.17. The van der Waals surface area contributed by atoms with Gasteiger partial charge in [-0.3, -0.25) is 4.79 Å². The summed E-state index contributed by atoms with van der Waals surface area (Å²) in [5.41, 5.74) is 3.95. The van der Waals surface area contributed by atoms with Crippen LogP contribution in [0, 0.1) is 20.8 Å². The van der Waals surface area contributed by atoms with Gasteiger partial charge in [0.15, 0.2) is 0 Å². The zero-order valence-electron chi connectivity index (χ0n) is 19.1. The van der Waals surface area contributed by atoms with Crippen LogP contribution in [-0.4, -0.2) is 37.4 Å². The molecule has 0 aliphatic heterocycles. The number of aryl methyl sites for hydroxylation is 3. The highest BCUT2D eigenvalue weighted by Crippen LogP contribution is 2.20. The van der Waals surface area contributed by atoms with Gasteiger partial charge in [-0.25, -0.2) is 18.1 Å². The van der Waals surface area contributed by atoms with Crippen molar-refractivity contribution < 1.29 is 13.2 Å². The largest absolute Gasteiger partial charge is 0.353 e. The minimum absolute atomic E-state index is 0.146. The monoisotopic (exact) mass is 468 g/mol. The molecular weight excluding hydrogens is 440 g/mol. The van der Waals surface area contributed by atoms with Gasteiger partial charge in [0.25, 0.3) is 0 Å². The molecule has 2 aromatic carbocycles. The summed E-state index contributed by atoms with van der Waals surface area (Å²) in [5, 5.41) is 8.93. The number of hydrogen-bond donors (Lipinski definition) is 4. The molecule has 0 saturated carbocycles. The summed E-state index contributed by atoms with van der Waals surface area (Å²) in [6, 6.07) is 14.5. The normalized spacial score (nSPS) is 11.2. The molecular formula is C23H28N6O3S. The van der Waals surface area contributed by atoms with Crippen LogP contribution in [0.2, 0.25) is 0 Å². The van der Waals surface area contributed by atoms with E-state index in [0.29, 0.717) is 29.6 Å². The molecule has 0 atom stereocenters. The van der Waals surface area contributed by atoms with Crippen molar-refractivity contribution in [2.45, 2.75) is 32.6 Å². The predicted molar refractivity (Wildman–Crippen MR) is 130 cm³/mol. The van der Waals surface area contributed by atoms with Gasteiger partial charge in [-0.05, 0) is 56.7 Å².